The number of allylic oxidation sites excluding steroid dienone is 1. The molecule has 0 radical (unpaired) electrons. The molecule has 8 heteroatoms. The second-order valence-corrected chi connectivity index (χ2v) is 8.97. The molecule has 4 rings (SSSR count). The number of hydrogen-bond acceptors (Lipinski definition) is 7. The summed E-state index contributed by atoms with van der Waals surface area (Å²) in [6.07, 6.45) is 3.53. The maximum absolute atomic E-state index is 13.4. The summed E-state index contributed by atoms with van der Waals surface area (Å²) < 4.78 is 13.0. The van der Waals surface area contributed by atoms with Crippen molar-refractivity contribution in [1.29, 1.82) is 0 Å². The Morgan fingerprint density at radius 3 is 2.72 bits per heavy atom. The molecule has 1 aromatic carbocycles. The van der Waals surface area contributed by atoms with Crippen LogP contribution in [0.5, 0.6) is 5.75 Å². The highest BCUT2D eigenvalue weighted by Crippen LogP contribution is 2.31. The molecule has 0 spiro atoms. The Morgan fingerprint density at radius 2 is 2.06 bits per heavy atom. The van der Waals surface area contributed by atoms with Gasteiger partial charge >= 0.3 is 5.97 Å². The third kappa shape index (κ3) is 4.24. The predicted molar refractivity (Wildman–Crippen MR) is 127 cm³/mol. The summed E-state index contributed by atoms with van der Waals surface area (Å²) in [5, 5.41) is 1.96. The molecule has 0 amide bonds. The Hall–Kier alpha value is -3.23. The van der Waals surface area contributed by atoms with Gasteiger partial charge in [-0.15, -0.1) is 11.3 Å². The number of esters is 1. The monoisotopic (exact) mass is 466 g/mol. The molecule has 0 aliphatic carbocycles. The SMILES string of the molecule is C=CCOc1ccc(C2C(C(=O)OCC)=C(C)N=c3s/c(=C\c4cccs4)c(=O)n32)cc1. The van der Waals surface area contributed by atoms with Crippen LogP contribution in [0, 0.1) is 0 Å². The molecular formula is C24H22N2O4S2. The molecule has 3 aromatic rings. The van der Waals surface area contributed by atoms with Crippen LogP contribution in [0.2, 0.25) is 0 Å². The van der Waals surface area contributed by atoms with Crippen LogP contribution in [0.3, 0.4) is 0 Å². The zero-order valence-corrected chi connectivity index (χ0v) is 19.4. The van der Waals surface area contributed by atoms with Crippen LogP contribution in [0.15, 0.2) is 75.5 Å². The lowest BCUT2D eigenvalue weighted by Gasteiger charge is -2.24. The van der Waals surface area contributed by atoms with E-state index >= 15 is 0 Å². The topological polar surface area (TPSA) is 69.9 Å². The molecule has 3 heterocycles. The second kappa shape index (κ2) is 9.50. The van der Waals surface area contributed by atoms with Crippen molar-refractivity contribution in [3.05, 3.63) is 95.8 Å². The summed E-state index contributed by atoms with van der Waals surface area (Å²) in [6.45, 7) is 7.81. The van der Waals surface area contributed by atoms with E-state index in [0.29, 0.717) is 33.0 Å². The van der Waals surface area contributed by atoms with Crippen molar-refractivity contribution in [1.82, 2.24) is 4.57 Å². The molecule has 0 saturated heterocycles. The number of carbonyl (C=O) groups excluding carboxylic acids is 1. The zero-order chi connectivity index (χ0) is 22.7. The fraction of sp³-hybridized carbons (Fsp3) is 0.208. The van der Waals surface area contributed by atoms with Crippen molar-refractivity contribution in [2.45, 2.75) is 19.9 Å². The van der Waals surface area contributed by atoms with Crippen molar-refractivity contribution < 1.29 is 14.3 Å². The van der Waals surface area contributed by atoms with E-state index < -0.39 is 12.0 Å². The Kier molecular flexibility index (Phi) is 6.53. The number of fused-ring (bicyclic) bond motifs is 1. The van der Waals surface area contributed by atoms with E-state index in [2.05, 4.69) is 11.6 Å². The Balaban J connectivity index is 1.88. The minimum atomic E-state index is -0.635. The van der Waals surface area contributed by atoms with Crippen molar-refractivity contribution in [2.75, 3.05) is 13.2 Å². The highest BCUT2D eigenvalue weighted by molar-refractivity contribution is 7.11. The maximum atomic E-state index is 13.4. The van der Waals surface area contributed by atoms with E-state index in [-0.39, 0.29) is 12.2 Å². The highest BCUT2D eigenvalue weighted by atomic mass is 32.1. The minimum absolute atomic E-state index is 0.187. The van der Waals surface area contributed by atoms with E-state index in [1.165, 1.54) is 11.3 Å². The van der Waals surface area contributed by atoms with Crippen LogP contribution in [-0.4, -0.2) is 23.8 Å². The molecule has 1 unspecified atom stereocenters. The van der Waals surface area contributed by atoms with Crippen molar-refractivity contribution >= 4 is 34.7 Å². The van der Waals surface area contributed by atoms with E-state index in [4.69, 9.17) is 9.47 Å². The number of hydrogen-bond donors (Lipinski definition) is 0. The average molecular weight is 467 g/mol. The predicted octanol–water partition coefficient (Wildman–Crippen LogP) is 3.42. The van der Waals surface area contributed by atoms with Gasteiger partial charge in [-0.05, 0) is 49.1 Å². The Labute approximate surface area is 193 Å². The van der Waals surface area contributed by atoms with Gasteiger partial charge in [-0.25, -0.2) is 9.79 Å². The lowest BCUT2D eigenvalue weighted by molar-refractivity contribution is -0.139. The molecule has 0 fully saturated rings. The number of carbonyl (C=O) groups is 1. The second-order valence-electron chi connectivity index (χ2n) is 6.99. The lowest BCUT2D eigenvalue weighted by Crippen LogP contribution is -2.39. The quantitative estimate of drug-likeness (QED) is 0.395. The normalized spacial score (nSPS) is 15.8. The van der Waals surface area contributed by atoms with E-state index in [9.17, 15) is 9.59 Å². The number of nitrogens with zero attached hydrogens (tertiary/aromatic N) is 2. The molecule has 1 aliphatic heterocycles. The van der Waals surface area contributed by atoms with Gasteiger partial charge in [-0.3, -0.25) is 9.36 Å². The van der Waals surface area contributed by atoms with Crippen molar-refractivity contribution in [3.63, 3.8) is 0 Å². The first-order valence-corrected chi connectivity index (χ1v) is 11.8. The van der Waals surface area contributed by atoms with Gasteiger partial charge in [0.05, 0.1) is 28.5 Å². The number of aromatic nitrogens is 1. The minimum Gasteiger partial charge on any atom is -0.490 e. The van der Waals surface area contributed by atoms with Gasteiger partial charge in [0.1, 0.15) is 12.4 Å². The fourth-order valence-corrected chi connectivity index (χ4v) is 5.28. The number of thiophene rings is 1. The zero-order valence-electron chi connectivity index (χ0n) is 17.7. The first-order chi connectivity index (χ1) is 15.5. The molecule has 32 heavy (non-hydrogen) atoms. The maximum Gasteiger partial charge on any atom is 0.338 e. The van der Waals surface area contributed by atoms with E-state index in [1.54, 1.807) is 35.8 Å². The van der Waals surface area contributed by atoms with Crippen molar-refractivity contribution in [3.8, 4) is 5.75 Å². The summed E-state index contributed by atoms with van der Waals surface area (Å²) in [4.78, 5) is 32.5. The number of rotatable bonds is 7. The van der Waals surface area contributed by atoms with Crippen LogP contribution in [-0.2, 0) is 9.53 Å². The Morgan fingerprint density at radius 1 is 1.28 bits per heavy atom. The third-order valence-corrected chi connectivity index (χ3v) is 6.70. The van der Waals surface area contributed by atoms with Gasteiger partial charge in [0, 0.05) is 4.88 Å². The molecule has 164 valence electrons. The number of ether oxygens (including phenoxy) is 2. The van der Waals surface area contributed by atoms with Crippen LogP contribution in [0.1, 0.15) is 30.3 Å². The molecule has 6 nitrogen and oxygen atoms in total. The van der Waals surface area contributed by atoms with Gasteiger partial charge in [0.15, 0.2) is 4.80 Å². The largest absolute Gasteiger partial charge is 0.490 e. The summed E-state index contributed by atoms with van der Waals surface area (Å²) >= 11 is 2.87. The van der Waals surface area contributed by atoms with Crippen LogP contribution in [0.4, 0.5) is 0 Å². The van der Waals surface area contributed by atoms with Gasteiger partial charge in [0.25, 0.3) is 5.56 Å². The lowest BCUT2D eigenvalue weighted by atomic mass is 9.96. The smallest absolute Gasteiger partial charge is 0.338 e. The average Bonchev–Trinajstić information content (AvgIpc) is 3.40. The fourth-order valence-electron chi connectivity index (χ4n) is 3.51. The molecule has 0 bridgehead atoms. The van der Waals surface area contributed by atoms with Crippen LogP contribution in [0.25, 0.3) is 6.08 Å². The van der Waals surface area contributed by atoms with Gasteiger partial charge in [-0.1, -0.05) is 42.2 Å². The molecule has 2 aromatic heterocycles. The Bertz CT molecular complexity index is 1350. The van der Waals surface area contributed by atoms with E-state index in [1.807, 2.05) is 47.9 Å². The first kappa shape index (κ1) is 22.0. The molecule has 1 aliphatic rings. The van der Waals surface area contributed by atoms with E-state index in [0.717, 1.165) is 10.4 Å². The molecule has 0 N–H and O–H groups in total. The third-order valence-electron chi connectivity index (χ3n) is 4.90. The summed E-state index contributed by atoms with van der Waals surface area (Å²) in [5.41, 5.74) is 1.50. The number of benzene rings is 1. The van der Waals surface area contributed by atoms with Gasteiger partial charge < -0.3 is 9.47 Å². The van der Waals surface area contributed by atoms with Gasteiger partial charge in [-0.2, -0.15) is 0 Å². The molecule has 0 saturated carbocycles. The van der Waals surface area contributed by atoms with Gasteiger partial charge in [0.2, 0.25) is 0 Å². The van der Waals surface area contributed by atoms with Crippen molar-refractivity contribution in [2.24, 2.45) is 4.99 Å². The number of thiazole rings is 1. The molecule has 1 atom stereocenters. The standard InChI is InChI=1S/C24H22N2O4S2/c1-4-12-30-17-10-8-16(9-11-17)21-20(23(28)29-5-2)15(3)25-24-26(21)22(27)19(32-24)14-18-7-6-13-31-18/h4,6-11,13-14,21H,1,5,12H2,2-3H3/b19-14-. The molecular weight excluding hydrogens is 444 g/mol. The highest BCUT2D eigenvalue weighted by Gasteiger charge is 2.33. The summed E-state index contributed by atoms with van der Waals surface area (Å²) in [5.74, 6) is 0.204. The summed E-state index contributed by atoms with van der Waals surface area (Å²) in [6, 6.07) is 10.6. The van der Waals surface area contributed by atoms with Crippen LogP contribution < -0.4 is 19.6 Å². The summed E-state index contributed by atoms with van der Waals surface area (Å²) in [7, 11) is 0. The first-order valence-electron chi connectivity index (χ1n) is 10.1. The van der Waals surface area contributed by atoms with Crippen LogP contribution >= 0.6 is 22.7 Å².